The maximum Gasteiger partial charge on any atom is 0.164 e. The summed E-state index contributed by atoms with van der Waals surface area (Å²) in [6, 6.07) is 65.0. The first kappa shape index (κ1) is 32.3. The van der Waals surface area contributed by atoms with Crippen LogP contribution in [0.25, 0.3) is 113 Å². The molecule has 0 aliphatic carbocycles. The summed E-state index contributed by atoms with van der Waals surface area (Å²) >= 11 is 3.62. The Morgan fingerprint density at radius 2 is 0.825 bits per heavy atom. The second-order valence-electron chi connectivity index (χ2n) is 14.4. The molecule has 12 rings (SSSR count). The SMILES string of the molecule is c1ccc(-c2ccc3c4ccccc4n(-c4cccc(-c5nc(-c6ccc7c(c6)sc6ccccc67)nc(-c6ccc7sc8ccccc8c7c6)n5)c4)c3c2)cc1. The standard InChI is InChI=1S/C51H30N4S2/c1-2-11-31(12-3-1)32-21-24-38-37-15-4-7-18-43(37)55(44(38)29-32)36-14-10-13-33(27-36)49-52-50(34-23-26-47-42(28-34)40-17-6-9-20-46(40)56-47)54-51(53-49)35-22-25-41-39-16-5-8-19-45(39)57-48(41)30-35/h1-30H. The highest BCUT2D eigenvalue weighted by Gasteiger charge is 2.18. The van der Waals surface area contributed by atoms with Gasteiger partial charge in [-0.25, -0.2) is 15.0 Å². The summed E-state index contributed by atoms with van der Waals surface area (Å²) in [5, 5.41) is 7.42. The van der Waals surface area contributed by atoms with Crippen LogP contribution < -0.4 is 0 Å². The van der Waals surface area contributed by atoms with Gasteiger partial charge in [0, 0.05) is 73.5 Å². The number of hydrogen-bond donors (Lipinski definition) is 0. The molecule has 0 spiro atoms. The van der Waals surface area contributed by atoms with Gasteiger partial charge in [-0.05, 0) is 71.8 Å². The molecule has 0 saturated heterocycles. The second-order valence-corrected chi connectivity index (χ2v) is 16.6. The Morgan fingerprint density at radius 3 is 1.61 bits per heavy atom. The van der Waals surface area contributed by atoms with Crippen molar-refractivity contribution < 1.29 is 0 Å². The molecule has 266 valence electrons. The number of rotatable bonds is 5. The summed E-state index contributed by atoms with van der Waals surface area (Å²) in [4.78, 5) is 15.7. The van der Waals surface area contributed by atoms with E-state index in [9.17, 15) is 0 Å². The van der Waals surface area contributed by atoms with E-state index >= 15 is 0 Å². The van der Waals surface area contributed by atoms with Crippen LogP contribution in [-0.2, 0) is 0 Å². The fraction of sp³-hybridized carbons (Fsp3) is 0. The second kappa shape index (κ2) is 12.8. The van der Waals surface area contributed by atoms with Crippen molar-refractivity contribution in [3.8, 4) is 51.0 Å². The average Bonchev–Trinajstić information content (AvgIpc) is 3.95. The van der Waals surface area contributed by atoms with Crippen molar-refractivity contribution in [2.45, 2.75) is 0 Å². The van der Waals surface area contributed by atoms with E-state index in [0.717, 1.165) is 33.4 Å². The van der Waals surface area contributed by atoms with Crippen LogP contribution in [0.3, 0.4) is 0 Å². The molecule has 4 heterocycles. The quantitative estimate of drug-likeness (QED) is 0.175. The summed E-state index contributed by atoms with van der Waals surface area (Å²) in [5.41, 5.74) is 8.58. The van der Waals surface area contributed by atoms with Gasteiger partial charge in [0.25, 0.3) is 0 Å². The van der Waals surface area contributed by atoms with Crippen LogP contribution in [-0.4, -0.2) is 19.5 Å². The summed E-state index contributed by atoms with van der Waals surface area (Å²) in [5.74, 6) is 1.94. The Bertz CT molecular complexity index is 3540. The lowest BCUT2D eigenvalue weighted by atomic mass is 10.0. The predicted molar refractivity (Wildman–Crippen MR) is 242 cm³/mol. The van der Waals surface area contributed by atoms with Gasteiger partial charge in [0.1, 0.15) is 0 Å². The van der Waals surface area contributed by atoms with E-state index in [-0.39, 0.29) is 0 Å². The molecule has 57 heavy (non-hydrogen) atoms. The first-order valence-corrected chi connectivity index (χ1v) is 20.6. The fourth-order valence-electron chi connectivity index (χ4n) is 8.34. The molecule has 8 aromatic carbocycles. The van der Waals surface area contributed by atoms with Gasteiger partial charge in [0.05, 0.1) is 11.0 Å². The van der Waals surface area contributed by atoms with E-state index < -0.39 is 0 Å². The molecule has 0 saturated carbocycles. The number of nitrogens with zero attached hydrogens (tertiary/aromatic N) is 4. The highest BCUT2D eigenvalue weighted by Crippen LogP contribution is 2.39. The predicted octanol–water partition coefficient (Wildman–Crippen LogP) is 14.4. The van der Waals surface area contributed by atoms with E-state index in [2.05, 4.69) is 187 Å². The summed E-state index contributed by atoms with van der Waals surface area (Å²) in [7, 11) is 0. The molecule has 0 N–H and O–H groups in total. The van der Waals surface area contributed by atoms with Crippen LogP contribution in [0.4, 0.5) is 0 Å². The Morgan fingerprint density at radius 1 is 0.298 bits per heavy atom. The third kappa shape index (κ3) is 5.30. The van der Waals surface area contributed by atoms with Gasteiger partial charge >= 0.3 is 0 Å². The Kier molecular flexibility index (Phi) is 7.24. The molecule has 0 atom stereocenters. The minimum absolute atomic E-state index is 0.634. The highest BCUT2D eigenvalue weighted by molar-refractivity contribution is 7.26. The Labute approximate surface area is 335 Å². The van der Waals surface area contributed by atoms with Crippen molar-refractivity contribution in [2.24, 2.45) is 0 Å². The molecular formula is C51H30N4S2. The van der Waals surface area contributed by atoms with Gasteiger partial charge in [0.15, 0.2) is 17.5 Å². The van der Waals surface area contributed by atoms with Crippen LogP contribution in [0, 0.1) is 0 Å². The number of thiophene rings is 2. The van der Waals surface area contributed by atoms with E-state index in [1.54, 1.807) is 11.3 Å². The molecule has 4 nitrogen and oxygen atoms in total. The minimum Gasteiger partial charge on any atom is -0.309 e. The maximum atomic E-state index is 5.24. The Balaban J connectivity index is 1.06. The molecular weight excluding hydrogens is 733 g/mol. The van der Waals surface area contributed by atoms with E-state index in [1.165, 1.54) is 62.2 Å². The molecule has 0 aliphatic heterocycles. The molecule has 0 bridgehead atoms. The topological polar surface area (TPSA) is 43.6 Å². The summed E-state index contributed by atoms with van der Waals surface area (Å²) in [6.45, 7) is 0. The largest absolute Gasteiger partial charge is 0.309 e. The average molecular weight is 763 g/mol. The van der Waals surface area contributed by atoms with Crippen molar-refractivity contribution >= 4 is 84.8 Å². The fourth-order valence-corrected chi connectivity index (χ4v) is 10.6. The van der Waals surface area contributed by atoms with Crippen LogP contribution in [0.15, 0.2) is 182 Å². The van der Waals surface area contributed by atoms with Gasteiger partial charge in [-0.2, -0.15) is 0 Å². The first-order valence-electron chi connectivity index (χ1n) is 19.0. The van der Waals surface area contributed by atoms with Crippen LogP contribution in [0.2, 0.25) is 0 Å². The van der Waals surface area contributed by atoms with Crippen molar-refractivity contribution in [2.75, 3.05) is 0 Å². The van der Waals surface area contributed by atoms with Gasteiger partial charge in [-0.15, -0.1) is 22.7 Å². The van der Waals surface area contributed by atoms with Crippen LogP contribution in [0.5, 0.6) is 0 Å². The lowest BCUT2D eigenvalue weighted by Gasteiger charge is -2.12. The lowest BCUT2D eigenvalue weighted by molar-refractivity contribution is 1.07. The number of hydrogen-bond acceptors (Lipinski definition) is 5. The molecule has 4 aromatic heterocycles. The van der Waals surface area contributed by atoms with Gasteiger partial charge in [-0.1, -0.05) is 121 Å². The highest BCUT2D eigenvalue weighted by atomic mass is 32.1. The smallest absolute Gasteiger partial charge is 0.164 e. The Hall–Kier alpha value is -6.99. The normalized spacial score (nSPS) is 11.9. The summed E-state index contributed by atoms with van der Waals surface area (Å²) < 4.78 is 7.38. The molecule has 0 radical (unpaired) electrons. The molecule has 0 amide bonds. The van der Waals surface area contributed by atoms with E-state index in [1.807, 2.05) is 11.3 Å². The third-order valence-electron chi connectivity index (χ3n) is 11.1. The zero-order valence-corrected chi connectivity index (χ0v) is 32.1. The first-order chi connectivity index (χ1) is 28.2. The summed E-state index contributed by atoms with van der Waals surface area (Å²) in [6.07, 6.45) is 0. The molecule has 0 unspecified atom stereocenters. The number of fused-ring (bicyclic) bond motifs is 9. The van der Waals surface area contributed by atoms with Gasteiger partial charge < -0.3 is 4.57 Å². The number of benzene rings is 8. The van der Waals surface area contributed by atoms with Crippen molar-refractivity contribution in [1.29, 1.82) is 0 Å². The zero-order chi connectivity index (χ0) is 37.5. The van der Waals surface area contributed by atoms with Crippen molar-refractivity contribution in [3.05, 3.63) is 182 Å². The molecule has 0 aliphatic rings. The van der Waals surface area contributed by atoms with Crippen molar-refractivity contribution in [1.82, 2.24) is 19.5 Å². The van der Waals surface area contributed by atoms with Crippen LogP contribution in [0.1, 0.15) is 0 Å². The maximum absolute atomic E-state index is 5.24. The van der Waals surface area contributed by atoms with E-state index in [4.69, 9.17) is 15.0 Å². The van der Waals surface area contributed by atoms with E-state index in [0.29, 0.717) is 17.5 Å². The molecule has 0 fully saturated rings. The van der Waals surface area contributed by atoms with Crippen molar-refractivity contribution in [3.63, 3.8) is 0 Å². The molecule has 6 heteroatoms. The van der Waals surface area contributed by atoms with Crippen LogP contribution >= 0.6 is 22.7 Å². The number of aromatic nitrogens is 4. The van der Waals surface area contributed by atoms with Gasteiger partial charge in [-0.3, -0.25) is 0 Å². The lowest BCUT2D eigenvalue weighted by Crippen LogP contribution is -2.01. The third-order valence-corrected chi connectivity index (χ3v) is 13.3. The van der Waals surface area contributed by atoms with Gasteiger partial charge in [0.2, 0.25) is 0 Å². The monoisotopic (exact) mass is 762 g/mol. The zero-order valence-electron chi connectivity index (χ0n) is 30.4. The molecule has 12 aromatic rings. The minimum atomic E-state index is 0.634. The number of para-hydroxylation sites is 1.